The number of Topliss-reactive ketones (excluding diaryl/α,β-unsaturated/α-hetero) is 1. The molecule has 2 aromatic heterocycles. The number of anilines is 1. The highest BCUT2D eigenvalue weighted by Gasteiger charge is 2.81. The Morgan fingerprint density at radius 3 is 2.61 bits per heavy atom. The van der Waals surface area contributed by atoms with Gasteiger partial charge in [-0.25, -0.2) is 13.2 Å². The zero-order valence-corrected chi connectivity index (χ0v) is 19.5. The first-order valence-corrected chi connectivity index (χ1v) is 12.1. The number of carbonyl (C=O) groups is 3. The lowest BCUT2D eigenvalue weighted by molar-refractivity contribution is -0.117. The number of hydrogen-bond acceptors (Lipinski definition) is 7. The van der Waals surface area contributed by atoms with E-state index in [0.29, 0.717) is 30.4 Å². The topological polar surface area (TPSA) is 141 Å². The maximum absolute atomic E-state index is 14.5. The van der Waals surface area contributed by atoms with Crippen molar-refractivity contribution in [3.63, 3.8) is 0 Å². The molecule has 186 valence electrons. The molecule has 7 rings (SSSR count). The van der Waals surface area contributed by atoms with E-state index in [-0.39, 0.29) is 33.8 Å². The lowest BCUT2D eigenvalue weighted by Gasteiger charge is -2.16. The smallest absolute Gasteiger partial charge is 0.293 e. The number of nitrogens with one attached hydrogen (secondary N) is 4. The number of thioether (sulfide) groups is 1. The number of ketones is 1. The van der Waals surface area contributed by atoms with Gasteiger partial charge in [-0.05, 0) is 43.2 Å². The minimum atomic E-state index is -3.16. The zero-order valence-electron chi connectivity index (χ0n) is 18.7. The number of amides is 2. The first-order valence-electron chi connectivity index (χ1n) is 11.2. The number of carbonyl (C=O) groups excluding carboxylic acids is 3. The number of pyridine rings is 1. The number of rotatable bonds is 8. The van der Waals surface area contributed by atoms with Crippen LogP contribution in [-0.4, -0.2) is 43.3 Å². The van der Waals surface area contributed by atoms with Gasteiger partial charge in [-0.3, -0.25) is 24.8 Å². The molecule has 3 fully saturated rings. The van der Waals surface area contributed by atoms with Gasteiger partial charge in [0.2, 0.25) is 0 Å². The van der Waals surface area contributed by atoms with Crippen LogP contribution in [0.3, 0.4) is 0 Å². The predicted octanol–water partition coefficient (Wildman–Crippen LogP) is 3.57. The van der Waals surface area contributed by atoms with Crippen molar-refractivity contribution >= 4 is 45.6 Å². The summed E-state index contributed by atoms with van der Waals surface area (Å²) in [7, 11) is 0. The fourth-order valence-corrected chi connectivity index (χ4v) is 6.21. The van der Waals surface area contributed by atoms with Crippen LogP contribution >= 0.6 is 11.8 Å². The molecule has 0 radical (unpaired) electrons. The van der Waals surface area contributed by atoms with Crippen molar-refractivity contribution in [3.8, 4) is 0 Å². The molecule has 0 spiro atoms. The highest BCUT2D eigenvalue weighted by Crippen LogP contribution is 2.86. The number of halogens is 3. The first-order chi connectivity index (χ1) is 17.1. The van der Waals surface area contributed by atoms with Crippen molar-refractivity contribution in [2.45, 2.75) is 43.7 Å². The molecule has 2 aliphatic heterocycles. The van der Waals surface area contributed by atoms with Gasteiger partial charge in [0, 0.05) is 23.9 Å². The summed E-state index contributed by atoms with van der Waals surface area (Å²) in [5, 5.41) is 20.3. The highest BCUT2D eigenvalue weighted by molar-refractivity contribution is 8.25. The third-order valence-electron chi connectivity index (χ3n) is 7.62. The van der Waals surface area contributed by atoms with Gasteiger partial charge >= 0.3 is 0 Å². The number of hydrogen-bond donors (Lipinski definition) is 4. The molecule has 13 heteroatoms. The molecular weight excluding hydrogens is 497 g/mol. The van der Waals surface area contributed by atoms with E-state index in [1.807, 2.05) is 0 Å². The first kappa shape index (κ1) is 23.0. The Balaban J connectivity index is 1.31. The maximum Gasteiger partial charge on any atom is 0.293 e. The van der Waals surface area contributed by atoms with Crippen molar-refractivity contribution < 1.29 is 27.6 Å². The van der Waals surface area contributed by atoms with Crippen molar-refractivity contribution in [1.29, 1.82) is 10.8 Å². The summed E-state index contributed by atoms with van der Waals surface area (Å²) in [6.07, 6.45) is -1.22. The van der Waals surface area contributed by atoms with Gasteiger partial charge in [0.25, 0.3) is 24.0 Å². The highest BCUT2D eigenvalue weighted by atomic mass is 32.2. The zero-order chi connectivity index (χ0) is 25.7. The SMILES string of the molecule is Cc1c(C(=O)C(=O)NC2(C(=N)SC=N)CC2)c2n(c1C(=O)Nc1ccnc(C(F)F)c1F)C1C3C2C31. The van der Waals surface area contributed by atoms with Crippen LogP contribution in [0.1, 0.15) is 69.0 Å². The molecular formula is C23H19F3N6O3S. The van der Waals surface area contributed by atoms with E-state index < -0.39 is 46.8 Å². The molecule has 0 aromatic carbocycles. The van der Waals surface area contributed by atoms with Crippen LogP contribution in [0.5, 0.6) is 0 Å². The van der Waals surface area contributed by atoms with Crippen molar-refractivity contribution in [2.75, 3.05) is 5.32 Å². The summed E-state index contributed by atoms with van der Waals surface area (Å²) in [5.74, 6) is -3.14. The van der Waals surface area contributed by atoms with E-state index in [2.05, 4.69) is 15.6 Å². The van der Waals surface area contributed by atoms with E-state index in [1.54, 1.807) is 4.57 Å². The summed E-state index contributed by atoms with van der Waals surface area (Å²) in [6, 6.07) is 1.10. The summed E-state index contributed by atoms with van der Waals surface area (Å²) in [5.41, 5.74) is -0.420. The largest absolute Gasteiger partial charge is 0.338 e. The van der Waals surface area contributed by atoms with Gasteiger partial charge < -0.3 is 20.6 Å². The summed E-state index contributed by atoms with van der Waals surface area (Å²) in [4.78, 5) is 42.8. The second-order valence-corrected chi connectivity index (χ2v) is 10.4. The summed E-state index contributed by atoms with van der Waals surface area (Å²) < 4.78 is 42.3. The monoisotopic (exact) mass is 516 g/mol. The van der Waals surface area contributed by atoms with E-state index in [9.17, 15) is 27.6 Å². The molecule has 36 heavy (non-hydrogen) atoms. The standard InChI is InChI=1S/C23H19F3N6O3S/c1-7-9(18(33)21(35)31-23(3-4-23)22(28)36-6-27)16-10-11-12(10)17(11)32(16)15(7)20(34)30-8-2-5-29-14(13(8)24)19(25)26/h2,5-6,10-12,17,19,27-28H,3-4H2,1H3,(H,31,35)(H,29,30,34). The predicted molar refractivity (Wildman–Crippen MR) is 124 cm³/mol. The van der Waals surface area contributed by atoms with Crippen LogP contribution in [-0.2, 0) is 4.79 Å². The molecule has 2 atom stereocenters. The lowest BCUT2D eigenvalue weighted by atomic mass is 9.99. The second-order valence-electron chi connectivity index (χ2n) is 9.52. The van der Waals surface area contributed by atoms with Crippen molar-refractivity contribution in [2.24, 2.45) is 11.8 Å². The molecule has 4 heterocycles. The van der Waals surface area contributed by atoms with Gasteiger partial charge in [-0.15, -0.1) is 0 Å². The number of aromatic nitrogens is 2. The van der Waals surface area contributed by atoms with Gasteiger partial charge in [-0.2, -0.15) is 0 Å². The van der Waals surface area contributed by atoms with Crippen molar-refractivity contribution in [1.82, 2.24) is 14.9 Å². The van der Waals surface area contributed by atoms with Crippen LogP contribution in [0.25, 0.3) is 0 Å². The van der Waals surface area contributed by atoms with E-state index in [1.165, 1.54) is 6.92 Å². The molecule has 9 nitrogen and oxygen atoms in total. The molecule has 0 saturated heterocycles. The van der Waals surface area contributed by atoms with Gasteiger partial charge in [0.05, 0.1) is 27.4 Å². The fraction of sp³-hybridized carbons (Fsp3) is 0.391. The molecule has 2 amide bonds. The van der Waals surface area contributed by atoms with E-state index in [0.717, 1.165) is 29.6 Å². The summed E-state index contributed by atoms with van der Waals surface area (Å²) in [6.45, 7) is 1.53. The molecule has 2 aromatic rings. The third-order valence-corrected chi connectivity index (χ3v) is 8.36. The Kier molecular flexibility index (Phi) is 4.79. The minimum absolute atomic E-state index is 0.0277. The van der Waals surface area contributed by atoms with Gasteiger partial charge in [-0.1, -0.05) is 11.8 Å². The molecule has 5 aliphatic rings. The molecule has 4 N–H and O–H groups in total. The Morgan fingerprint density at radius 1 is 1.31 bits per heavy atom. The van der Waals surface area contributed by atoms with E-state index >= 15 is 0 Å². The van der Waals surface area contributed by atoms with Crippen LogP contribution < -0.4 is 10.6 Å². The third kappa shape index (κ3) is 3.04. The molecule has 3 saturated carbocycles. The van der Waals surface area contributed by atoms with Gasteiger partial charge in [0.15, 0.2) is 5.82 Å². The summed E-state index contributed by atoms with van der Waals surface area (Å²) >= 11 is 0.857. The molecule has 2 bridgehead atoms. The van der Waals surface area contributed by atoms with Crippen molar-refractivity contribution in [3.05, 3.63) is 46.3 Å². The minimum Gasteiger partial charge on any atom is -0.338 e. The van der Waals surface area contributed by atoms with Crippen LogP contribution in [0.15, 0.2) is 12.3 Å². The van der Waals surface area contributed by atoms with Gasteiger partial charge in [0.1, 0.15) is 11.4 Å². The normalized spacial score (nSPS) is 25.0. The molecule has 2 unspecified atom stereocenters. The Bertz CT molecular complexity index is 1410. The maximum atomic E-state index is 14.5. The van der Waals surface area contributed by atoms with E-state index in [4.69, 9.17) is 10.8 Å². The Morgan fingerprint density at radius 2 is 2.00 bits per heavy atom. The average Bonchev–Trinajstić information content (AvgIpc) is 3.76. The quantitative estimate of drug-likeness (QED) is 0.184. The lowest BCUT2D eigenvalue weighted by Crippen LogP contribution is -2.45. The Labute approximate surface area is 206 Å². The van der Waals surface area contributed by atoms with Crippen LogP contribution in [0.2, 0.25) is 0 Å². The Hall–Kier alpha value is -3.48. The number of nitrogens with zero attached hydrogens (tertiary/aromatic N) is 2. The van der Waals surface area contributed by atoms with Crippen LogP contribution in [0, 0.1) is 35.4 Å². The van der Waals surface area contributed by atoms with Crippen LogP contribution in [0.4, 0.5) is 18.9 Å². The average molecular weight is 517 g/mol. The number of alkyl halides is 2. The fourth-order valence-electron chi connectivity index (χ4n) is 5.61. The molecule has 3 aliphatic carbocycles. The second kappa shape index (κ2) is 7.51.